The lowest BCUT2D eigenvalue weighted by molar-refractivity contribution is 0.451. The maximum atomic E-state index is 13.7. The van der Waals surface area contributed by atoms with Crippen molar-refractivity contribution >= 4 is 23.3 Å². The zero-order valence-electron chi connectivity index (χ0n) is 10.7. The van der Waals surface area contributed by atoms with Gasteiger partial charge in [-0.25, -0.2) is 8.78 Å². The molecule has 104 valence electrons. The fraction of sp³-hybridized carbons (Fsp3) is 0.214. The summed E-state index contributed by atoms with van der Waals surface area (Å²) in [5, 5.41) is 0. The van der Waals surface area contributed by atoms with Gasteiger partial charge in [-0.2, -0.15) is 0 Å². The number of aromatic nitrogens is 2. The number of hydrogen-bond acceptors (Lipinski definition) is 2. The number of imidazole rings is 1. The summed E-state index contributed by atoms with van der Waals surface area (Å²) in [6, 6.07) is 5.70. The number of benzene rings is 1. The predicted octanol–water partition coefficient (Wildman–Crippen LogP) is 4.37. The summed E-state index contributed by atoms with van der Waals surface area (Å²) in [4.78, 5) is 2.79. The molecule has 0 spiro atoms. The number of fused-ring (bicyclic) bond motifs is 1. The van der Waals surface area contributed by atoms with E-state index in [1.165, 1.54) is 6.07 Å². The molecule has 0 saturated carbocycles. The van der Waals surface area contributed by atoms with E-state index in [2.05, 4.69) is 4.98 Å². The predicted molar refractivity (Wildman–Crippen MR) is 74.2 cm³/mol. The standard InChI is InChI=1S/C14H12F2N2OS/c1-8(5-10-3-2-4-19-10)18-12-7-9(15)6-11(16)13(12)17-14(18)20/h2-4,6-8H,5H2,1H3,(H,17,20). The van der Waals surface area contributed by atoms with E-state index < -0.39 is 11.6 Å². The van der Waals surface area contributed by atoms with Gasteiger partial charge in [0.1, 0.15) is 17.1 Å². The number of rotatable bonds is 3. The normalized spacial score (nSPS) is 12.9. The molecule has 0 bridgehead atoms. The van der Waals surface area contributed by atoms with E-state index in [0.29, 0.717) is 16.7 Å². The lowest BCUT2D eigenvalue weighted by Crippen LogP contribution is -2.08. The first-order chi connectivity index (χ1) is 9.56. The molecule has 3 nitrogen and oxygen atoms in total. The van der Waals surface area contributed by atoms with Crippen molar-refractivity contribution in [3.63, 3.8) is 0 Å². The quantitative estimate of drug-likeness (QED) is 0.728. The highest BCUT2D eigenvalue weighted by atomic mass is 32.1. The number of nitrogens with one attached hydrogen (secondary N) is 1. The van der Waals surface area contributed by atoms with Crippen LogP contribution in [-0.4, -0.2) is 9.55 Å². The van der Waals surface area contributed by atoms with Gasteiger partial charge in [-0.15, -0.1) is 0 Å². The van der Waals surface area contributed by atoms with Gasteiger partial charge < -0.3 is 14.0 Å². The second-order valence-electron chi connectivity index (χ2n) is 4.71. The molecule has 0 aliphatic rings. The Balaban J connectivity index is 2.11. The minimum atomic E-state index is -0.643. The second-order valence-corrected chi connectivity index (χ2v) is 5.10. The van der Waals surface area contributed by atoms with Crippen LogP contribution >= 0.6 is 12.2 Å². The molecule has 1 N–H and O–H groups in total. The van der Waals surface area contributed by atoms with Crippen molar-refractivity contribution in [2.24, 2.45) is 0 Å². The van der Waals surface area contributed by atoms with Crippen LogP contribution in [0.1, 0.15) is 18.7 Å². The van der Waals surface area contributed by atoms with Crippen LogP contribution in [-0.2, 0) is 6.42 Å². The van der Waals surface area contributed by atoms with Gasteiger partial charge in [0, 0.05) is 18.5 Å². The Morgan fingerprint density at radius 2 is 2.20 bits per heavy atom. The fourth-order valence-electron chi connectivity index (χ4n) is 2.40. The van der Waals surface area contributed by atoms with Crippen LogP contribution in [0.2, 0.25) is 0 Å². The molecule has 20 heavy (non-hydrogen) atoms. The van der Waals surface area contributed by atoms with Gasteiger partial charge in [0.15, 0.2) is 10.6 Å². The molecule has 0 aliphatic heterocycles. The van der Waals surface area contributed by atoms with Gasteiger partial charge in [0.2, 0.25) is 0 Å². The van der Waals surface area contributed by atoms with Crippen LogP contribution in [0.15, 0.2) is 34.9 Å². The highest BCUT2D eigenvalue weighted by molar-refractivity contribution is 7.71. The molecule has 0 saturated heterocycles. The molecule has 3 rings (SSSR count). The molecule has 0 fully saturated rings. The van der Waals surface area contributed by atoms with E-state index in [1.807, 2.05) is 13.0 Å². The number of hydrogen-bond donors (Lipinski definition) is 1. The van der Waals surface area contributed by atoms with E-state index >= 15 is 0 Å². The van der Waals surface area contributed by atoms with Gasteiger partial charge in [0.05, 0.1) is 11.8 Å². The van der Waals surface area contributed by atoms with Crippen LogP contribution in [0.5, 0.6) is 0 Å². The first-order valence-corrected chi connectivity index (χ1v) is 6.58. The van der Waals surface area contributed by atoms with Crippen LogP contribution < -0.4 is 0 Å². The SMILES string of the molecule is CC(Cc1ccco1)n1c(=S)[nH]c2c(F)cc(F)cc21. The number of nitrogens with zero attached hydrogens (tertiary/aromatic N) is 1. The maximum absolute atomic E-state index is 13.7. The smallest absolute Gasteiger partial charge is 0.178 e. The third kappa shape index (κ3) is 2.16. The highest BCUT2D eigenvalue weighted by Gasteiger charge is 2.16. The summed E-state index contributed by atoms with van der Waals surface area (Å²) >= 11 is 5.22. The summed E-state index contributed by atoms with van der Waals surface area (Å²) in [6.07, 6.45) is 2.18. The highest BCUT2D eigenvalue weighted by Crippen LogP contribution is 2.24. The maximum Gasteiger partial charge on any atom is 0.178 e. The molecule has 0 radical (unpaired) electrons. The molecule has 6 heteroatoms. The molecule has 0 aliphatic carbocycles. The average molecular weight is 294 g/mol. The molecule has 1 unspecified atom stereocenters. The number of aromatic amines is 1. The van der Waals surface area contributed by atoms with Crippen LogP contribution in [0.3, 0.4) is 0 Å². The number of furan rings is 1. The Labute approximate surface area is 118 Å². The molecule has 2 heterocycles. The van der Waals surface area contributed by atoms with Gasteiger partial charge in [0.25, 0.3) is 0 Å². The Morgan fingerprint density at radius 1 is 1.40 bits per heavy atom. The summed E-state index contributed by atoms with van der Waals surface area (Å²) in [5.41, 5.74) is 0.647. The van der Waals surface area contributed by atoms with Gasteiger partial charge >= 0.3 is 0 Å². The molecular weight excluding hydrogens is 282 g/mol. The number of halogens is 2. The van der Waals surface area contributed by atoms with Crippen molar-refractivity contribution in [2.75, 3.05) is 0 Å². The summed E-state index contributed by atoms with van der Waals surface area (Å²) < 4.78 is 34.5. The van der Waals surface area contributed by atoms with Crippen LogP contribution in [0.25, 0.3) is 11.0 Å². The van der Waals surface area contributed by atoms with E-state index in [1.54, 1.807) is 16.9 Å². The van der Waals surface area contributed by atoms with Gasteiger partial charge in [-0.05, 0) is 37.3 Å². The molecule has 1 aromatic carbocycles. The molecule has 0 amide bonds. The van der Waals surface area contributed by atoms with Crippen molar-refractivity contribution < 1.29 is 13.2 Å². The minimum Gasteiger partial charge on any atom is -0.469 e. The Hall–Kier alpha value is -1.95. The molecule has 1 atom stereocenters. The van der Waals surface area contributed by atoms with Crippen molar-refractivity contribution in [3.05, 3.63) is 52.7 Å². The monoisotopic (exact) mass is 294 g/mol. The summed E-state index contributed by atoms with van der Waals surface area (Å²) in [6.45, 7) is 1.93. The first kappa shape index (κ1) is 13.1. The Morgan fingerprint density at radius 3 is 2.90 bits per heavy atom. The zero-order valence-corrected chi connectivity index (χ0v) is 11.5. The van der Waals surface area contributed by atoms with Gasteiger partial charge in [-0.3, -0.25) is 0 Å². The summed E-state index contributed by atoms with van der Waals surface area (Å²) in [7, 11) is 0. The Bertz CT molecular complexity index is 805. The van der Waals surface area contributed by atoms with Crippen LogP contribution in [0.4, 0.5) is 8.78 Å². The molecule has 3 aromatic rings. The first-order valence-electron chi connectivity index (χ1n) is 6.18. The largest absolute Gasteiger partial charge is 0.469 e. The zero-order chi connectivity index (χ0) is 14.3. The topological polar surface area (TPSA) is 33.9 Å². The lowest BCUT2D eigenvalue weighted by atomic mass is 10.2. The third-order valence-corrected chi connectivity index (χ3v) is 3.56. The fourth-order valence-corrected chi connectivity index (χ4v) is 2.78. The van der Waals surface area contributed by atoms with E-state index in [-0.39, 0.29) is 11.6 Å². The Kier molecular flexibility index (Phi) is 3.17. The van der Waals surface area contributed by atoms with Crippen molar-refractivity contribution in [1.29, 1.82) is 0 Å². The van der Waals surface area contributed by atoms with Crippen LogP contribution in [0, 0.1) is 16.4 Å². The van der Waals surface area contributed by atoms with Gasteiger partial charge in [-0.1, -0.05) is 0 Å². The van der Waals surface area contributed by atoms with E-state index in [0.717, 1.165) is 11.8 Å². The van der Waals surface area contributed by atoms with E-state index in [4.69, 9.17) is 16.6 Å². The lowest BCUT2D eigenvalue weighted by Gasteiger charge is -2.13. The van der Waals surface area contributed by atoms with Crippen molar-refractivity contribution in [2.45, 2.75) is 19.4 Å². The molecule has 2 aromatic heterocycles. The molecular formula is C14H12F2N2OS. The number of H-pyrrole nitrogens is 1. The average Bonchev–Trinajstić information content (AvgIpc) is 2.96. The van der Waals surface area contributed by atoms with Crippen molar-refractivity contribution in [3.8, 4) is 0 Å². The summed E-state index contributed by atoms with van der Waals surface area (Å²) in [5.74, 6) is -0.469. The minimum absolute atomic E-state index is 0.0800. The second kappa shape index (κ2) is 4.86. The van der Waals surface area contributed by atoms with Crippen molar-refractivity contribution in [1.82, 2.24) is 9.55 Å². The van der Waals surface area contributed by atoms with E-state index in [9.17, 15) is 8.78 Å². The third-order valence-electron chi connectivity index (χ3n) is 3.26.